The molecule has 0 saturated carbocycles. The monoisotopic (exact) mass is 328 g/mol. The van der Waals surface area contributed by atoms with Gasteiger partial charge in [-0.1, -0.05) is 12.1 Å². The van der Waals surface area contributed by atoms with Crippen LogP contribution in [-0.4, -0.2) is 53.4 Å². The highest BCUT2D eigenvalue weighted by Gasteiger charge is 2.26. The standard InChI is InChI=1S/C19H28N4O/c1-14-18(15(2)22(4)20-14)12-23-11-10-21(3)19(13-23)16-6-8-17(24-5)9-7-16/h6-9,19H,10-13H2,1-5H3. The van der Waals surface area contributed by atoms with Crippen LogP contribution in [0.4, 0.5) is 0 Å². The summed E-state index contributed by atoms with van der Waals surface area (Å²) >= 11 is 0. The summed E-state index contributed by atoms with van der Waals surface area (Å²) in [6.07, 6.45) is 0. The van der Waals surface area contributed by atoms with Crippen molar-refractivity contribution in [1.29, 1.82) is 0 Å². The zero-order chi connectivity index (χ0) is 17.3. The Kier molecular flexibility index (Phi) is 4.92. The Balaban J connectivity index is 1.75. The van der Waals surface area contributed by atoms with Gasteiger partial charge in [-0.2, -0.15) is 5.10 Å². The lowest BCUT2D eigenvalue weighted by Gasteiger charge is -2.39. The number of ether oxygens (including phenoxy) is 1. The van der Waals surface area contributed by atoms with E-state index in [4.69, 9.17) is 4.74 Å². The molecular formula is C19H28N4O. The number of aryl methyl sites for hydroxylation is 2. The van der Waals surface area contributed by atoms with Crippen LogP contribution in [0, 0.1) is 13.8 Å². The first-order valence-electron chi connectivity index (χ1n) is 8.55. The van der Waals surface area contributed by atoms with Gasteiger partial charge in [-0.25, -0.2) is 0 Å². The molecule has 130 valence electrons. The molecule has 0 aliphatic carbocycles. The van der Waals surface area contributed by atoms with Crippen LogP contribution in [0.1, 0.15) is 28.6 Å². The fourth-order valence-electron chi connectivity index (χ4n) is 3.53. The molecule has 1 saturated heterocycles. The molecule has 0 amide bonds. The third-order valence-electron chi connectivity index (χ3n) is 5.27. The number of piperazine rings is 1. The number of aromatic nitrogens is 2. The van der Waals surface area contributed by atoms with E-state index in [0.717, 1.165) is 37.6 Å². The molecule has 1 aromatic carbocycles. The van der Waals surface area contributed by atoms with E-state index in [1.165, 1.54) is 16.8 Å². The molecular weight excluding hydrogens is 300 g/mol. The Labute approximate surface area is 144 Å². The van der Waals surface area contributed by atoms with E-state index in [1.54, 1.807) is 7.11 Å². The number of hydrogen-bond donors (Lipinski definition) is 0. The summed E-state index contributed by atoms with van der Waals surface area (Å²) in [4.78, 5) is 4.99. The maximum Gasteiger partial charge on any atom is 0.118 e. The predicted molar refractivity (Wildman–Crippen MR) is 96.3 cm³/mol. The zero-order valence-corrected chi connectivity index (χ0v) is 15.4. The Morgan fingerprint density at radius 3 is 2.42 bits per heavy atom. The van der Waals surface area contributed by atoms with Crippen LogP contribution in [0.25, 0.3) is 0 Å². The first-order valence-corrected chi connectivity index (χ1v) is 8.55. The van der Waals surface area contributed by atoms with Crippen molar-refractivity contribution in [3.8, 4) is 5.75 Å². The second-order valence-electron chi connectivity index (χ2n) is 6.78. The van der Waals surface area contributed by atoms with Crippen molar-refractivity contribution in [2.45, 2.75) is 26.4 Å². The zero-order valence-electron chi connectivity index (χ0n) is 15.4. The summed E-state index contributed by atoms with van der Waals surface area (Å²) in [6, 6.07) is 8.89. The topological polar surface area (TPSA) is 33.5 Å². The number of nitrogens with zero attached hydrogens (tertiary/aromatic N) is 4. The first-order chi connectivity index (χ1) is 11.5. The molecule has 1 atom stereocenters. The van der Waals surface area contributed by atoms with Gasteiger partial charge < -0.3 is 4.74 Å². The van der Waals surface area contributed by atoms with E-state index in [0.29, 0.717) is 6.04 Å². The fraction of sp³-hybridized carbons (Fsp3) is 0.526. The fourth-order valence-corrected chi connectivity index (χ4v) is 3.53. The summed E-state index contributed by atoms with van der Waals surface area (Å²) in [5.74, 6) is 0.913. The van der Waals surface area contributed by atoms with Crippen molar-refractivity contribution in [1.82, 2.24) is 19.6 Å². The van der Waals surface area contributed by atoms with Gasteiger partial charge in [0.15, 0.2) is 0 Å². The highest BCUT2D eigenvalue weighted by molar-refractivity contribution is 5.30. The van der Waals surface area contributed by atoms with Gasteiger partial charge in [-0.3, -0.25) is 14.5 Å². The summed E-state index contributed by atoms with van der Waals surface area (Å²) < 4.78 is 7.27. The molecule has 24 heavy (non-hydrogen) atoms. The van der Waals surface area contributed by atoms with Crippen molar-refractivity contribution in [3.05, 3.63) is 46.8 Å². The van der Waals surface area contributed by atoms with Gasteiger partial charge in [0.05, 0.1) is 12.8 Å². The molecule has 5 nitrogen and oxygen atoms in total. The Hall–Kier alpha value is -1.85. The SMILES string of the molecule is COc1ccc(C2CN(Cc3c(C)nn(C)c3C)CCN2C)cc1. The lowest BCUT2D eigenvalue weighted by molar-refractivity contribution is 0.0902. The number of methoxy groups -OCH3 is 1. The summed E-state index contributed by atoms with van der Waals surface area (Å²) in [5.41, 5.74) is 5.14. The summed E-state index contributed by atoms with van der Waals surface area (Å²) in [6.45, 7) is 8.46. The molecule has 5 heteroatoms. The molecule has 1 unspecified atom stereocenters. The normalized spacial score (nSPS) is 19.6. The molecule has 1 aliphatic rings. The van der Waals surface area contributed by atoms with Crippen LogP contribution in [-0.2, 0) is 13.6 Å². The van der Waals surface area contributed by atoms with E-state index in [2.05, 4.69) is 60.1 Å². The number of hydrogen-bond acceptors (Lipinski definition) is 4. The largest absolute Gasteiger partial charge is 0.497 e. The molecule has 1 fully saturated rings. The highest BCUT2D eigenvalue weighted by atomic mass is 16.5. The second kappa shape index (κ2) is 6.95. The minimum atomic E-state index is 0.418. The van der Waals surface area contributed by atoms with Crippen LogP contribution < -0.4 is 4.74 Å². The maximum atomic E-state index is 5.28. The van der Waals surface area contributed by atoms with Gasteiger partial charge in [0.2, 0.25) is 0 Å². The highest BCUT2D eigenvalue weighted by Crippen LogP contribution is 2.27. The average molecular weight is 328 g/mol. The molecule has 3 rings (SSSR count). The number of rotatable bonds is 4. The lowest BCUT2D eigenvalue weighted by Crippen LogP contribution is -2.46. The number of likely N-dealkylation sites (N-methyl/N-ethyl adjacent to an activating group) is 1. The van der Waals surface area contributed by atoms with Crippen LogP contribution in [0.2, 0.25) is 0 Å². The van der Waals surface area contributed by atoms with Crippen molar-refractivity contribution in [3.63, 3.8) is 0 Å². The van der Waals surface area contributed by atoms with Crippen molar-refractivity contribution in [2.24, 2.45) is 7.05 Å². The van der Waals surface area contributed by atoms with E-state index in [-0.39, 0.29) is 0 Å². The van der Waals surface area contributed by atoms with Gasteiger partial charge >= 0.3 is 0 Å². The van der Waals surface area contributed by atoms with Crippen LogP contribution >= 0.6 is 0 Å². The third kappa shape index (κ3) is 3.32. The molecule has 1 aromatic heterocycles. The van der Waals surface area contributed by atoms with Gasteiger partial charge in [-0.05, 0) is 38.6 Å². The Morgan fingerprint density at radius 2 is 1.83 bits per heavy atom. The van der Waals surface area contributed by atoms with Gasteiger partial charge in [-0.15, -0.1) is 0 Å². The third-order valence-corrected chi connectivity index (χ3v) is 5.27. The van der Waals surface area contributed by atoms with E-state index in [1.807, 2.05) is 11.7 Å². The smallest absolute Gasteiger partial charge is 0.118 e. The molecule has 2 heterocycles. The number of benzene rings is 1. The summed E-state index contributed by atoms with van der Waals surface area (Å²) in [7, 11) is 5.95. The first kappa shape index (κ1) is 17.0. The quantitative estimate of drug-likeness (QED) is 0.864. The minimum Gasteiger partial charge on any atom is -0.497 e. The van der Waals surface area contributed by atoms with Gasteiger partial charge in [0.25, 0.3) is 0 Å². The molecule has 2 aromatic rings. The maximum absolute atomic E-state index is 5.28. The molecule has 0 radical (unpaired) electrons. The van der Waals surface area contributed by atoms with Crippen molar-refractivity contribution >= 4 is 0 Å². The van der Waals surface area contributed by atoms with Gasteiger partial charge in [0.1, 0.15) is 5.75 Å². The second-order valence-corrected chi connectivity index (χ2v) is 6.78. The van der Waals surface area contributed by atoms with Crippen molar-refractivity contribution < 1.29 is 4.74 Å². The van der Waals surface area contributed by atoms with E-state index in [9.17, 15) is 0 Å². The van der Waals surface area contributed by atoms with Crippen molar-refractivity contribution in [2.75, 3.05) is 33.8 Å². The Morgan fingerprint density at radius 1 is 1.12 bits per heavy atom. The molecule has 0 bridgehead atoms. The minimum absolute atomic E-state index is 0.418. The predicted octanol–water partition coefficient (Wildman–Crippen LogP) is 2.53. The van der Waals surface area contributed by atoms with E-state index >= 15 is 0 Å². The molecule has 0 N–H and O–H groups in total. The molecule has 0 spiro atoms. The lowest BCUT2D eigenvalue weighted by atomic mass is 10.0. The van der Waals surface area contributed by atoms with E-state index < -0.39 is 0 Å². The summed E-state index contributed by atoms with van der Waals surface area (Å²) in [5, 5.41) is 4.55. The average Bonchev–Trinajstić information content (AvgIpc) is 2.83. The van der Waals surface area contributed by atoms with Gasteiger partial charge in [0, 0.05) is 50.5 Å². The Bertz CT molecular complexity index is 692. The van der Waals surface area contributed by atoms with Crippen LogP contribution in [0.15, 0.2) is 24.3 Å². The van der Waals surface area contributed by atoms with Crippen LogP contribution in [0.5, 0.6) is 5.75 Å². The van der Waals surface area contributed by atoms with Crippen LogP contribution in [0.3, 0.4) is 0 Å². The molecule has 1 aliphatic heterocycles.